The predicted octanol–water partition coefficient (Wildman–Crippen LogP) is 3.02. The molecule has 0 N–H and O–H groups in total. The average molecular weight is 225 g/mol. The highest BCUT2D eigenvalue weighted by atomic mass is 15.3. The summed E-state index contributed by atoms with van der Waals surface area (Å²) in [7, 11) is 2.17. The van der Waals surface area contributed by atoms with Crippen molar-refractivity contribution in [3.63, 3.8) is 0 Å². The molecule has 1 aromatic heterocycles. The molecule has 2 rings (SSSR count). The van der Waals surface area contributed by atoms with E-state index in [4.69, 9.17) is 0 Å². The topological polar surface area (TPSA) is 21.1 Å². The third kappa shape index (κ3) is 4.35. The highest BCUT2D eigenvalue weighted by Gasteiger charge is 2.15. The molecule has 0 amide bonds. The van der Waals surface area contributed by atoms with Crippen LogP contribution in [-0.4, -0.2) is 28.3 Å². The maximum atomic E-state index is 4.29. The molecule has 2 heterocycles. The summed E-state index contributed by atoms with van der Waals surface area (Å²) in [5.41, 5.74) is 1.34. The lowest BCUT2D eigenvalue weighted by Crippen LogP contribution is -2.21. The first-order valence-electron chi connectivity index (χ1n) is 6.45. The molecule has 0 bridgehead atoms. The fourth-order valence-electron chi connectivity index (χ4n) is 1.88. The number of fused-ring (bicyclic) bond motifs is 1. The van der Waals surface area contributed by atoms with E-state index in [-0.39, 0.29) is 0 Å². The van der Waals surface area contributed by atoms with Crippen LogP contribution in [-0.2, 0) is 13.1 Å². The monoisotopic (exact) mass is 225 g/mol. The summed E-state index contributed by atoms with van der Waals surface area (Å²) in [6, 6.07) is 2.11. The normalized spacial score (nSPS) is 19.5. The van der Waals surface area contributed by atoms with Crippen molar-refractivity contribution in [3.05, 3.63) is 18.0 Å². The Bertz CT molecular complexity index is 243. The number of nitrogens with zero attached hydrogens (tertiary/aromatic N) is 3. The van der Waals surface area contributed by atoms with Gasteiger partial charge in [-0.15, -0.1) is 0 Å². The van der Waals surface area contributed by atoms with Gasteiger partial charge in [0.25, 0.3) is 0 Å². The van der Waals surface area contributed by atoms with Crippen molar-refractivity contribution in [1.29, 1.82) is 0 Å². The molecule has 0 spiro atoms. The lowest BCUT2D eigenvalue weighted by atomic mass is 10.2. The zero-order chi connectivity index (χ0) is 12.6. The van der Waals surface area contributed by atoms with Crippen LogP contribution in [0.25, 0.3) is 0 Å². The molecule has 0 saturated heterocycles. The molecular formula is C13H27N3. The lowest BCUT2D eigenvalue weighted by Gasteiger charge is -2.14. The minimum absolute atomic E-state index is 0.705. The van der Waals surface area contributed by atoms with E-state index >= 15 is 0 Å². The highest BCUT2D eigenvalue weighted by molar-refractivity contribution is 5.01. The van der Waals surface area contributed by atoms with Gasteiger partial charge in [0.15, 0.2) is 0 Å². The predicted molar refractivity (Wildman–Crippen MR) is 70.4 cm³/mol. The first kappa shape index (κ1) is 15.2. The van der Waals surface area contributed by atoms with E-state index in [2.05, 4.69) is 34.7 Å². The van der Waals surface area contributed by atoms with E-state index in [0.29, 0.717) is 5.92 Å². The van der Waals surface area contributed by atoms with Crippen LogP contribution < -0.4 is 0 Å². The maximum absolute atomic E-state index is 4.29. The van der Waals surface area contributed by atoms with Crippen LogP contribution in [0.3, 0.4) is 0 Å². The summed E-state index contributed by atoms with van der Waals surface area (Å²) in [6.45, 7) is 13.5. The van der Waals surface area contributed by atoms with E-state index in [1.165, 1.54) is 12.2 Å². The molecular weight excluding hydrogens is 198 g/mol. The van der Waals surface area contributed by atoms with E-state index < -0.39 is 0 Å². The van der Waals surface area contributed by atoms with Gasteiger partial charge in [-0.25, -0.2) is 0 Å². The van der Waals surface area contributed by atoms with Gasteiger partial charge >= 0.3 is 0 Å². The quantitative estimate of drug-likeness (QED) is 0.677. The van der Waals surface area contributed by atoms with Crippen LogP contribution in [0.15, 0.2) is 12.3 Å². The number of rotatable bonds is 0. The van der Waals surface area contributed by atoms with E-state index in [1.807, 2.05) is 33.9 Å². The molecule has 1 atom stereocenters. The Morgan fingerprint density at radius 2 is 1.81 bits per heavy atom. The molecule has 1 aliphatic rings. The van der Waals surface area contributed by atoms with Gasteiger partial charge in [0.05, 0.1) is 5.69 Å². The van der Waals surface area contributed by atoms with Gasteiger partial charge < -0.3 is 4.90 Å². The van der Waals surface area contributed by atoms with Gasteiger partial charge in [0.1, 0.15) is 0 Å². The Morgan fingerprint density at radius 1 is 1.19 bits per heavy atom. The molecule has 16 heavy (non-hydrogen) atoms. The Morgan fingerprint density at radius 3 is 2.44 bits per heavy atom. The zero-order valence-electron chi connectivity index (χ0n) is 11.7. The second-order valence-electron chi connectivity index (χ2n) is 3.81. The SMILES string of the molecule is CC.CC.CC1CN(C)Cc2ccnn2C1. The van der Waals surface area contributed by atoms with Gasteiger partial charge in [-0.05, 0) is 19.0 Å². The third-order valence-electron chi connectivity index (χ3n) is 2.34. The smallest absolute Gasteiger partial charge is 0.0524 e. The molecule has 1 aliphatic heterocycles. The Labute approximate surface area is 100 Å². The maximum Gasteiger partial charge on any atom is 0.0524 e. The fourth-order valence-corrected chi connectivity index (χ4v) is 1.88. The first-order valence-corrected chi connectivity index (χ1v) is 6.45. The molecule has 0 fully saturated rings. The minimum Gasteiger partial charge on any atom is -0.300 e. The van der Waals surface area contributed by atoms with Crippen molar-refractivity contribution in [3.8, 4) is 0 Å². The molecule has 1 aromatic rings. The number of hydrogen-bond donors (Lipinski definition) is 0. The third-order valence-corrected chi connectivity index (χ3v) is 2.34. The second-order valence-corrected chi connectivity index (χ2v) is 3.81. The number of aromatic nitrogens is 2. The van der Waals surface area contributed by atoms with Gasteiger partial charge in [0, 0.05) is 25.8 Å². The lowest BCUT2D eigenvalue weighted by molar-refractivity contribution is 0.287. The Balaban J connectivity index is 0.000000509. The van der Waals surface area contributed by atoms with E-state index in [9.17, 15) is 0 Å². The summed E-state index contributed by atoms with van der Waals surface area (Å²) in [6.07, 6.45) is 1.89. The van der Waals surface area contributed by atoms with Crippen LogP contribution in [0, 0.1) is 5.92 Å². The second kappa shape index (κ2) is 8.34. The van der Waals surface area contributed by atoms with Gasteiger partial charge in [-0.2, -0.15) is 5.10 Å². The van der Waals surface area contributed by atoms with Crippen molar-refractivity contribution in [1.82, 2.24) is 14.7 Å². The molecule has 3 heteroatoms. The van der Waals surface area contributed by atoms with Crippen LogP contribution in [0.5, 0.6) is 0 Å². The summed E-state index contributed by atoms with van der Waals surface area (Å²) in [5, 5.41) is 4.29. The van der Waals surface area contributed by atoms with Crippen molar-refractivity contribution in [2.24, 2.45) is 5.92 Å². The highest BCUT2D eigenvalue weighted by Crippen LogP contribution is 2.12. The summed E-state index contributed by atoms with van der Waals surface area (Å²) >= 11 is 0. The largest absolute Gasteiger partial charge is 0.300 e. The van der Waals surface area contributed by atoms with E-state index in [0.717, 1.165) is 13.1 Å². The molecule has 0 aromatic carbocycles. The summed E-state index contributed by atoms with van der Waals surface area (Å²) in [4.78, 5) is 2.35. The summed E-state index contributed by atoms with van der Waals surface area (Å²) in [5.74, 6) is 0.705. The first-order chi connectivity index (χ1) is 7.75. The molecule has 0 aliphatic carbocycles. The fraction of sp³-hybridized carbons (Fsp3) is 0.769. The van der Waals surface area contributed by atoms with Crippen LogP contribution in [0.4, 0.5) is 0 Å². The molecule has 0 saturated carbocycles. The Kier molecular flexibility index (Phi) is 7.90. The van der Waals surface area contributed by atoms with Crippen molar-refractivity contribution < 1.29 is 0 Å². The molecule has 0 radical (unpaired) electrons. The van der Waals surface area contributed by atoms with Crippen LogP contribution in [0.1, 0.15) is 40.3 Å². The van der Waals surface area contributed by atoms with Crippen LogP contribution >= 0.6 is 0 Å². The van der Waals surface area contributed by atoms with Gasteiger partial charge in [-0.1, -0.05) is 34.6 Å². The Hall–Kier alpha value is -0.830. The average Bonchev–Trinajstić information content (AvgIpc) is 2.65. The zero-order valence-corrected chi connectivity index (χ0v) is 11.7. The molecule has 94 valence electrons. The van der Waals surface area contributed by atoms with Crippen molar-refractivity contribution >= 4 is 0 Å². The van der Waals surface area contributed by atoms with E-state index in [1.54, 1.807) is 0 Å². The van der Waals surface area contributed by atoms with Crippen molar-refractivity contribution in [2.45, 2.75) is 47.7 Å². The van der Waals surface area contributed by atoms with Gasteiger partial charge in [-0.3, -0.25) is 4.68 Å². The molecule has 1 unspecified atom stereocenters. The van der Waals surface area contributed by atoms with Crippen molar-refractivity contribution in [2.75, 3.05) is 13.6 Å². The van der Waals surface area contributed by atoms with Gasteiger partial charge in [0.2, 0.25) is 0 Å². The number of hydrogen-bond acceptors (Lipinski definition) is 2. The van der Waals surface area contributed by atoms with Crippen LogP contribution in [0.2, 0.25) is 0 Å². The summed E-state index contributed by atoms with van der Waals surface area (Å²) < 4.78 is 2.12. The standard InChI is InChI=1S/C9H15N3.2C2H6/c1-8-5-11(2)7-9-3-4-10-12(9)6-8;2*1-2/h3-4,8H,5-7H2,1-2H3;2*1-2H3. The minimum atomic E-state index is 0.705. The molecule has 3 nitrogen and oxygen atoms in total.